The Morgan fingerprint density at radius 1 is 1.15 bits per heavy atom. The first kappa shape index (κ1) is 14.1. The molecular formula is C16H18N2O2. The summed E-state index contributed by atoms with van der Waals surface area (Å²) in [5.41, 5.74) is 2.56. The van der Waals surface area contributed by atoms with E-state index in [0.717, 1.165) is 5.56 Å². The first-order valence-corrected chi connectivity index (χ1v) is 6.62. The van der Waals surface area contributed by atoms with Gasteiger partial charge < -0.3 is 10.3 Å². The van der Waals surface area contributed by atoms with E-state index in [1.807, 2.05) is 12.1 Å². The number of carbonyl (C=O) groups is 1. The SMILES string of the molecule is CC(C)c1ccc(CNC(=O)c2ccc(=O)[nH]c2)cc1. The highest BCUT2D eigenvalue weighted by atomic mass is 16.1. The lowest BCUT2D eigenvalue weighted by Crippen LogP contribution is -2.23. The average Bonchev–Trinajstić information content (AvgIpc) is 2.46. The zero-order chi connectivity index (χ0) is 14.5. The summed E-state index contributed by atoms with van der Waals surface area (Å²) in [5.74, 6) is 0.300. The second-order valence-corrected chi connectivity index (χ2v) is 5.02. The van der Waals surface area contributed by atoms with E-state index in [1.54, 1.807) is 0 Å². The maximum absolute atomic E-state index is 11.9. The molecule has 1 aromatic heterocycles. The molecule has 0 aliphatic carbocycles. The number of H-pyrrole nitrogens is 1. The van der Waals surface area contributed by atoms with Crippen LogP contribution in [0.25, 0.3) is 0 Å². The molecule has 4 heteroatoms. The van der Waals surface area contributed by atoms with Gasteiger partial charge in [-0.3, -0.25) is 9.59 Å². The summed E-state index contributed by atoms with van der Waals surface area (Å²) in [7, 11) is 0. The molecule has 0 radical (unpaired) electrons. The number of amides is 1. The Balaban J connectivity index is 1.96. The lowest BCUT2D eigenvalue weighted by atomic mass is 10.0. The van der Waals surface area contributed by atoms with Gasteiger partial charge in [-0.2, -0.15) is 0 Å². The van der Waals surface area contributed by atoms with Gasteiger partial charge in [-0.05, 0) is 23.1 Å². The fourth-order valence-corrected chi connectivity index (χ4v) is 1.86. The fraction of sp³-hybridized carbons (Fsp3) is 0.250. The number of nitrogens with one attached hydrogen (secondary N) is 2. The molecule has 0 bridgehead atoms. The van der Waals surface area contributed by atoms with Crippen LogP contribution in [0.4, 0.5) is 0 Å². The van der Waals surface area contributed by atoms with E-state index in [9.17, 15) is 9.59 Å². The van der Waals surface area contributed by atoms with Crippen LogP contribution in [0.3, 0.4) is 0 Å². The van der Waals surface area contributed by atoms with E-state index in [4.69, 9.17) is 0 Å². The Bertz CT molecular complexity index is 622. The van der Waals surface area contributed by atoms with Crippen molar-refractivity contribution in [1.82, 2.24) is 10.3 Å². The van der Waals surface area contributed by atoms with E-state index >= 15 is 0 Å². The molecule has 1 heterocycles. The van der Waals surface area contributed by atoms with Gasteiger partial charge in [0.25, 0.3) is 5.91 Å². The molecule has 2 N–H and O–H groups in total. The minimum Gasteiger partial charge on any atom is -0.348 e. The molecule has 0 atom stereocenters. The van der Waals surface area contributed by atoms with Crippen LogP contribution < -0.4 is 10.9 Å². The van der Waals surface area contributed by atoms with Gasteiger partial charge in [-0.25, -0.2) is 0 Å². The van der Waals surface area contributed by atoms with Gasteiger partial charge >= 0.3 is 0 Å². The molecule has 1 amide bonds. The second-order valence-electron chi connectivity index (χ2n) is 5.02. The van der Waals surface area contributed by atoms with Crippen molar-refractivity contribution >= 4 is 5.91 Å². The molecule has 2 rings (SSSR count). The Kier molecular flexibility index (Phi) is 4.35. The number of aromatic amines is 1. The summed E-state index contributed by atoms with van der Waals surface area (Å²) < 4.78 is 0. The summed E-state index contributed by atoms with van der Waals surface area (Å²) in [6.45, 7) is 4.76. The van der Waals surface area contributed by atoms with Crippen LogP contribution in [0, 0.1) is 0 Å². The van der Waals surface area contributed by atoms with Crippen molar-refractivity contribution in [3.8, 4) is 0 Å². The van der Waals surface area contributed by atoms with Crippen LogP contribution in [0.1, 0.15) is 41.3 Å². The first-order valence-electron chi connectivity index (χ1n) is 6.62. The predicted molar refractivity (Wildman–Crippen MR) is 78.8 cm³/mol. The zero-order valence-corrected chi connectivity index (χ0v) is 11.6. The summed E-state index contributed by atoms with van der Waals surface area (Å²) in [5, 5.41) is 2.82. The Hall–Kier alpha value is -2.36. The number of carbonyl (C=O) groups excluding carboxylic acids is 1. The molecular weight excluding hydrogens is 252 g/mol. The van der Waals surface area contributed by atoms with Gasteiger partial charge in [0.15, 0.2) is 0 Å². The average molecular weight is 270 g/mol. The monoisotopic (exact) mass is 270 g/mol. The molecule has 0 saturated carbocycles. The molecule has 2 aromatic rings. The van der Waals surface area contributed by atoms with Crippen molar-refractivity contribution < 1.29 is 4.79 Å². The van der Waals surface area contributed by atoms with Gasteiger partial charge in [0.2, 0.25) is 5.56 Å². The highest BCUT2D eigenvalue weighted by Gasteiger charge is 2.05. The molecule has 104 valence electrons. The summed E-state index contributed by atoms with van der Waals surface area (Å²) in [6, 6.07) is 11.0. The quantitative estimate of drug-likeness (QED) is 0.896. The second kappa shape index (κ2) is 6.19. The number of pyridine rings is 1. The lowest BCUT2D eigenvalue weighted by molar-refractivity contribution is 0.0950. The van der Waals surface area contributed by atoms with E-state index in [0.29, 0.717) is 18.0 Å². The van der Waals surface area contributed by atoms with Crippen LogP contribution in [0.15, 0.2) is 47.4 Å². The smallest absolute Gasteiger partial charge is 0.253 e. The Morgan fingerprint density at radius 3 is 2.40 bits per heavy atom. The van der Waals surface area contributed by atoms with Crippen LogP contribution in [-0.2, 0) is 6.54 Å². The largest absolute Gasteiger partial charge is 0.348 e. The Morgan fingerprint density at radius 2 is 1.85 bits per heavy atom. The van der Waals surface area contributed by atoms with Gasteiger partial charge in [0.05, 0.1) is 5.56 Å². The molecule has 0 spiro atoms. The van der Waals surface area contributed by atoms with Crippen LogP contribution in [-0.4, -0.2) is 10.9 Å². The molecule has 0 aliphatic rings. The number of hydrogen-bond donors (Lipinski definition) is 2. The summed E-state index contributed by atoms with van der Waals surface area (Å²) >= 11 is 0. The predicted octanol–water partition coefficient (Wildman–Crippen LogP) is 2.43. The summed E-state index contributed by atoms with van der Waals surface area (Å²) in [6.07, 6.45) is 1.42. The number of aromatic nitrogens is 1. The Labute approximate surface area is 117 Å². The number of rotatable bonds is 4. The van der Waals surface area contributed by atoms with Crippen molar-refractivity contribution in [3.63, 3.8) is 0 Å². The van der Waals surface area contributed by atoms with Crippen molar-refractivity contribution in [1.29, 1.82) is 0 Å². The van der Waals surface area contributed by atoms with E-state index in [2.05, 4.69) is 36.3 Å². The van der Waals surface area contributed by atoms with Crippen molar-refractivity contribution in [3.05, 3.63) is 69.6 Å². The van der Waals surface area contributed by atoms with Gasteiger partial charge in [0, 0.05) is 18.8 Å². The molecule has 0 saturated heterocycles. The third kappa shape index (κ3) is 3.57. The third-order valence-corrected chi connectivity index (χ3v) is 3.15. The molecule has 0 aliphatic heterocycles. The minimum absolute atomic E-state index is 0.200. The lowest BCUT2D eigenvalue weighted by Gasteiger charge is -2.08. The van der Waals surface area contributed by atoms with Crippen molar-refractivity contribution in [2.45, 2.75) is 26.3 Å². The van der Waals surface area contributed by atoms with E-state index < -0.39 is 0 Å². The van der Waals surface area contributed by atoms with Crippen LogP contribution in [0.5, 0.6) is 0 Å². The van der Waals surface area contributed by atoms with Crippen LogP contribution in [0.2, 0.25) is 0 Å². The third-order valence-electron chi connectivity index (χ3n) is 3.15. The fourth-order valence-electron chi connectivity index (χ4n) is 1.86. The molecule has 1 aromatic carbocycles. The summed E-state index contributed by atoms with van der Waals surface area (Å²) in [4.78, 5) is 25.3. The first-order chi connectivity index (χ1) is 9.56. The number of benzene rings is 1. The molecule has 0 unspecified atom stereocenters. The van der Waals surface area contributed by atoms with Crippen molar-refractivity contribution in [2.24, 2.45) is 0 Å². The normalized spacial score (nSPS) is 10.6. The maximum atomic E-state index is 11.9. The maximum Gasteiger partial charge on any atom is 0.253 e. The van der Waals surface area contributed by atoms with Gasteiger partial charge in [-0.15, -0.1) is 0 Å². The van der Waals surface area contributed by atoms with Crippen LogP contribution >= 0.6 is 0 Å². The van der Waals surface area contributed by atoms with Gasteiger partial charge in [-0.1, -0.05) is 38.1 Å². The minimum atomic E-state index is -0.217. The number of hydrogen-bond acceptors (Lipinski definition) is 2. The topological polar surface area (TPSA) is 62.0 Å². The van der Waals surface area contributed by atoms with E-state index in [1.165, 1.54) is 23.9 Å². The zero-order valence-electron chi connectivity index (χ0n) is 11.6. The molecule has 0 fully saturated rings. The standard InChI is InChI=1S/C16H18N2O2/c1-11(2)13-5-3-12(4-6-13)9-18-16(20)14-7-8-15(19)17-10-14/h3-8,10-11H,9H2,1-2H3,(H,17,19)(H,18,20). The highest BCUT2D eigenvalue weighted by molar-refractivity contribution is 5.93. The van der Waals surface area contributed by atoms with Crippen molar-refractivity contribution in [2.75, 3.05) is 0 Å². The van der Waals surface area contributed by atoms with Gasteiger partial charge in [0.1, 0.15) is 0 Å². The highest BCUT2D eigenvalue weighted by Crippen LogP contribution is 2.14. The molecule has 20 heavy (non-hydrogen) atoms. The van der Waals surface area contributed by atoms with E-state index in [-0.39, 0.29) is 11.5 Å². The molecule has 4 nitrogen and oxygen atoms in total.